The number of thioether (sulfide) groups is 1. The first kappa shape index (κ1) is 24.2. The minimum absolute atomic E-state index is 0.188. The predicted octanol–water partition coefficient (Wildman–Crippen LogP) is 4.98. The van der Waals surface area contributed by atoms with Crippen molar-refractivity contribution in [3.05, 3.63) is 63.5 Å². The van der Waals surface area contributed by atoms with Crippen molar-refractivity contribution in [1.29, 1.82) is 0 Å². The van der Waals surface area contributed by atoms with Gasteiger partial charge in [-0.2, -0.15) is 0 Å². The summed E-state index contributed by atoms with van der Waals surface area (Å²) in [4.78, 5) is 40.8. The Labute approximate surface area is 207 Å². The second-order valence-corrected chi connectivity index (χ2v) is 9.46. The summed E-state index contributed by atoms with van der Waals surface area (Å²) in [5.41, 5.74) is 1.65. The van der Waals surface area contributed by atoms with Crippen LogP contribution in [0.5, 0.6) is 11.5 Å². The lowest BCUT2D eigenvalue weighted by molar-refractivity contribution is -0.136. The Morgan fingerprint density at radius 1 is 1.06 bits per heavy atom. The van der Waals surface area contributed by atoms with E-state index in [0.717, 1.165) is 41.5 Å². The highest BCUT2D eigenvalue weighted by Gasteiger charge is 2.37. The fourth-order valence-corrected chi connectivity index (χ4v) is 4.77. The van der Waals surface area contributed by atoms with Gasteiger partial charge < -0.3 is 14.4 Å². The van der Waals surface area contributed by atoms with Crippen molar-refractivity contribution in [2.75, 3.05) is 26.7 Å². The van der Waals surface area contributed by atoms with Crippen LogP contribution in [0.4, 0.5) is 4.79 Å². The number of ether oxygens (including phenoxy) is 2. The molecule has 2 fully saturated rings. The normalized spacial score (nSPS) is 17.4. The van der Waals surface area contributed by atoms with E-state index in [-0.39, 0.29) is 17.4 Å². The Bertz CT molecular complexity index is 1110. The van der Waals surface area contributed by atoms with E-state index in [1.807, 2.05) is 12.1 Å². The first-order valence-electron chi connectivity index (χ1n) is 11.0. The first-order chi connectivity index (χ1) is 16.4. The molecule has 0 bridgehead atoms. The van der Waals surface area contributed by atoms with E-state index in [1.54, 1.807) is 41.3 Å². The molecule has 4 rings (SSSR count). The lowest BCUT2D eigenvalue weighted by atomic mass is 10.1. The molecule has 2 aliphatic heterocycles. The minimum Gasteiger partial charge on any atom is -0.493 e. The smallest absolute Gasteiger partial charge is 0.294 e. The van der Waals surface area contributed by atoms with Gasteiger partial charge in [0, 0.05) is 18.1 Å². The minimum atomic E-state index is -0.456. The number of imide groups is 1. The van der Waals surface area contributed by atoms with E-state index in [0.29, 0.717) is 41.8 Å². The van der Waals surface area contributed by atoms with E-state index in [1.165, 1.54) is 7.11 Å². The monoisotopic (exact) mass is 500 g/mol. The molecule has 0 unspecified atom stereocenters. The van der Waals surface area contributed by atoms with Crippen LogP contribution in [0.25, 0.3) is 6.08 Å². The van der Waals surface area contributed by atoms with Gasteiger partial charge in [0.25, 0.3) is 11.1 Å². The third-order valence-corrected chi connectivity index (χ3v) is 6.83. The molecule has 2 heterocycles. The summed E-state index contributed by atoms with van der Waals surface area (Å²) in [5, 5.41) is 0.224. The molecule has 0 radical (unpaired) electrons. The number of piperidine rings is 1. The Morgan fingerprint density at radius 3 is 2.50 bits per heavy atom. The number of halogens is 1. The van der Waals surface area contributed by atoms with Crippen molar-refractivity contribution in [2.45, 2.75) is 25.9 Å². The molecule has 34 heavy (non-hydrogen) atoms. The molecule has 2 aromatic rings. The highest BCUT2D eigenvalue weighted by atomic mass is 35.5. The zero-order valence-electron chi connectivity index (χ0n) is 18.8. The van der Waals surface area contributed by atoms with Gasteiger partial charge in [-0.05, 0) is 72.5 Å². The quantitative estimate of drug-likeness (QED) is 0.499. The van der Waals surface area contributed by atoms with Crippen LogP contribution in [-0.2, 0) is 16.2 Å². The molecule has 7 nitrogen and oxygen atoms in total. The molecule has 3 amide bonds. The molecule has 0 spiro atoms. The van der Waals surface area contributed by atoms with Crippen LogP contribution in [0.3, 0.4) is 0 Å². The van der Waals surface area contributed by atoms with Crippen molar-refractivity contribution < 1.29 is 23.9 Å². The lowest BCUT2D eigenvalue weighted by Crippen LogP contribution is -2.44. The number of methoxy groups -OCH3 is 1. The van der Waals surface area contributed by atoms with Gasteiger partial charge in [-0.3, -0.25) is 19.3 Å². The average Bonchev–Trinajstić information content (AvgIpc) is 3.11. The van der Waals surface area contributed by atoms with Crippen LogP contribution in [0.15, 0.2) is 47.4 Å². The van der Waals surface area contributed by atoms with Crippen LogP contribution in [-0.4, -0.2) is 53.6 Å². The van der Waals surface area contributed by atoms with Crippen LogP contribution in [0, 0.1) is 0 Å². The molecule has 2 aliphatic rings. The van der Waals surface area contributed by atoms with Gasteiger partial charge in [-0.25, -0.2) is 0 Å². The van der Waals surface area contributed by atoms with Gasteiger partial charge in [0.15, 0.2) is 11.5 Å². The molecule has 2 aromatic carbocycles. The number of carbonyl (C=O) groups is 3. The molecule has 0 atom stereocenters. The Balaban J connectivity index is 1.43. The van der Waals surface area contributed by atoms with E-state index >= 15 is 0 Å². The van der Waals surface area contributed by atoms with Crippen molar-refractivity contribution >= 4 is 46.5 Å². The summed E-state index contributed by atoms with van der Waals surface area (Å²) in [5.74, 6) is 0.409. The van der Waals surface area contributed by atoms with Crippen LogP contribution < -0.4 is 9.47 Å². The number of amides is 3. The Kier molecular flexibility index (Phi) is 7.80. The summed E-state index contributed by atoms with van der Waals surface area (Å²) in [6, 6.07) is 12.6. The van der Waals surface area contributed by atoms with Crippen molar-refractivity contribution in [1.82, 2.24) is 9.80 Å². The van der Waals surface area contributed by atoms with Crippen molar-refractivity contribution in [3.63, 3.8) is 0 Å². The van der Waals surface area contributed by atoms with Gasteiger partial charge in [0.1, 0.15) is 13.2 Å². The average molecular weight is 501 g/mol. The Hall–Kier alpha value is -2.97. The molecule has 0 aromatic heterocycles. The molecule has 0 aliphatic carbocycles. The maximum atomic E-state index is 12.8. The van der Waals surface area contributed by atoms with Gasteiger partial charge in [0.2, 0.25) is 5.91 Å². The van der Waals surface area contributed by atoms with Crippen molar-refractivity contribution in [2.24, 2.45) is 0 Å². The maximum Gasteiger partial charge on any atom is 0.294 e. The number of carbonyl (C=O) groups excluding carboxylic acids is 3. The van der Waals surface area contributed by atoms with E-state index in [9.17, 15) is 14.4 Å². The van der Waals surface area contributed by atoms with Gasteiger partial charge in [-0.1, -0.05) is 29.8 Å². The summed E-state index contributed by atoms with van der Waals surface area (Å²) in [7, 11) is 1.54. The third kappa shape index (κ3) is 5.74. The highest BCUT2D eigenvalue weighted by Crippen LogP contribution is 2.35. The van der Waals surface area contributed by atoms with Crippen LogP contribution in [0.1, 0.15) is 30.4 Å². The fraction of sp³-hybridized carbons (Fsp3) is 0.320. The SMILES string of the molecule is COc1cc(/C=C2\SC(=O)N(CC(=O)N3CCCCC3)C2=O)ccc1OCc1ccc(Cl)cc1. The molecule has 0 N–H and O–H groups in total. The molecule has 0 saturated carbocycles. The van der Waals surface area contributed by atoms with E-state index in [2.05, 4.69) is 0 Å². The second kappa shape index (κ2) is 11.0. The molecular formula is C25H25ClN2O5S. The third-order valence-electron chi connectivity index (χ3n) is 5.67. The number of rotatable bonds is 7. The van der Waals surface area contributed by atoms with E-state index in [4.69, 9.17) is 21.1 Å². The summed E-state index contributed by atoms with van der Waals surface area (Å²) < 4.78 is 11.3. The number of likely N-dealkylation sites (tertiary alicyclic amines) is 1. The zero-order valence-corrected chi connectivity index (χ0v) is 20.4. The predicted molar refractivity (Wildman–Crippen MR) is 132 cm³/mol. The summed E-state index contributed by atoms with van der Waals surface area (Å²) in [6.45, 7) is 1.48. The topological polar surface area (TPSA) is 76.2 Å². The molecule has 2 saturated heterocycles. The number of hydrogen-bond donors (Lipinski definition) is 0. The van der Waals surface area contributed by atoms with E-state index < -0.39 is 11.1 Å². The molecule has 178 valence electrons. The summed E-state index contributed by atoms with van der Waals surface area (Å²) >= 11 is 6.75. The van der Waals surface area contributed by atoms with Crippen LogP contribution >= 0.6 is 23.4 Å². The number of benzene rings is 2. The lowest BCUT2D eigenvalue weighted by Gasteiger charge is -2.27. The largest absolute Gasteiger partial charge is 0.493 e. The Morgan fingerprint density at radius 2 is 1.79 bits per heavy atom. The first-order valence-corrected chi connectivity index (χ1v) is 12.2. The highest BCUT2D eigenvalue weighted by molar-refractivity contribution is 8.18. The molecular weight excluding hydrogens is 476 g/mol. The van der Waals surface area contributed by atoms with Crippen molar-refractivity contribution in [3.8, 4) is 11.5 Å². The standard InChI is InChI=1S/C25H25ClN2O5S/c1-32-21-13-18(7-10-20(21)33-16-17-5-8-19(26)9-6-17)14-22-24(30)28(25(31)34-22)15-23(29)27-11-3-2-4-12-27/h5-10,13-14H,2-4,11-12,15-16H2,1H3/b22-14-. The van der Waals surface area contributed by atoms with Gasteiger partial charge in [0.05, 0.1) is 12.0 Å². The maximum absolute atomic E-state index is 12.8. The zero-order chi connectivity index (χ0) is 24.1. The number of hydrogen-bond acceptors (Lipinski definition) is 6. The molecule has 9 heteroatoms. The number of nitrogens with zero attached hydrogens (tertiary/aromatic N) is 2. The summed E-state index contributed by atoms with van der Waals surface area (Å²) in [6.07, 6.45) is 4.63. The second-order valence-electron chi connectivity index (χ2n) is 8.03. The van der Waals surface area contributed by atoms with Gasteiger partial charge >= 0.3 is 0 Å². The van der Waals surface area contributed by atoms with Gasteiger partial charge in [-0.15, -0.1) is 0 Å². The fourth-order valence-electron chi connectivity index (χ4n) is 3.80. The van der Waals surface area contributed by atoms with Crippen LogP contribution in [0.2, 0.25) is 5.02 Å².